The summed E-state index contributed by atoms with van der Waals surface area (Å²) in [5, 5.41) is 25.2. The standard InChI is InChI=1S/C18H15N5O7S2/c1-6-2-8(30-17(6)28)3-7-4-31-15-11(14(25)23(15)12(7)16(26)27)21-13(24)10(22-29)9-5-32-18(19)20-9/h2-3,5,11,15,29H,4H2,1H3,(H2,19,20)(H,21,24)(H,26,27)/b8-3+,22-10-/t11-,15-/m1/s1. The third-order valence-corrected chi connectivity index (χ3v) is 6.75. The number of oxime groups is 1. The highest BCUT2D eigenvalue weighted by atomic mass is 32.2. The summed E-state index contributed by atoms with van der Waals surface area (Å²) in [5.41, 5.74) is 5.56. The van der Waals surface area contributed by atoms with Gasteiger partial charge in [-0.15, -0.1) is 23.1 Å². The number of hydrogen-bond acceptors (Lipinski definition) is 11. The highest BCUT2D eigenvalue weighted by molar-refractivity contribution is 8.00. The molecule has 14 heteroatoms. The maximum atomic E-state index is 12.7. The van der Waals surface area contributed by atoms with Crippen LogP contribution in [0.5, 0.6) is 0 Å². The van der Waals surface area contributed by atoms with E-state index in [0.717, 1.165) is 16.2 Å². The zero-order valence-corrected chi connectivity index (χ0v) is 17.9. The van der Waals surface area contributed by atoms with Crippen LogP contribution in [0.25, 0.3) is 0 Å². The number of β-lactam (4-membered cyclic amide) rings is 1. The Labute approximate surface area is 188 Å². The largest absolute Gasteiger partial charge is 0.477 e. The number of thiazole rings is 1. The quantitative estimate of drug-likeness (QED) is 0.148. The van der Waals surface area contributed by atoms with E-state index in [1.165, 1.54) is 29.3 Å². The summed E-state index contributed by atoms with van der Waals surface area (Å²) in [4.78, 5) is 53.6. The van der Waals surface area contributed by atoms with Crippen molar-refractivity contribution in [1.82, 2.24) is 15.2 Å². The topological polar surface area (TPSA) is 185 Å². The van der Waals surface area contributed by atoms with Gasteiger partial charge in [-0.3, -0.25) is 14.5 Å². The van der Waals surface area contributed by atoms with E-state index in [0.29, 0.717) is 11.1 Å². The third-order valence-electron chi connectivity index (χ3n) is 4.77. The molecule has 0 saturated carbocycles. The van der Waals surface area contributed by atoms with Gasteiger partial charge >= 0.3 is 11.9 Å². The van der Waals surface area contributed by atoms with E-state index < -0.39 is 40.9 Å². The van der Waals surface area contributed by atoms with Gasteiger partial charge in [0.05, 0.1) is 0 Å². The van der Waals surface area contributed by atoms with Crippen LogP contribution in [0.2, 0.25) is 0 Å². The van der Waals surface area contributed by atoms with E-state index in [9.17, 15) is 29.5 Å². The molecule has 1 saturated heterocycles. The number of aliphatic carboxylic acids is 1. The molecule has 2 atom stereocenters. The van der Waals surface area contributed by atoms with Crippen molar-refractivity contribution in [2.75, 3.05) is 11.5 Å². The Balaban J connectivity index is 1.55. The molecule has 0 spiro atoms. The van der Waals surface area contributed by atoms with Gasteiger partial charge in [0, 0.05) is 16.7 Å². The Morgan fingerprint density at radius 3 is 2.75 bits per heavy atom. The van der Waals surface area contributed by atoms with Crippen LogP contribution in [-0.2, 0) is 23.9 Å². The fourth-order valence-electron chi connectivity index (χ4n) is 3.31. The number of amides is 2. The Kier molecular flexibility index (Phi) is 5.48. The molecule has 3 aliphatic heterocycles. The predicted molar refractivity (Wildman–Crippen MR) is 112 cm³/mol. The summed E-state index contributed by atoms with van der Waals surface area (Å²) in [7, 11) is 0. The van der Waals surface area contributed by atoms with Gasteiger partial charge in [0.25, 0.3) is 11.8 Å². The van der Waals surface area contributed by atoms with Gasteiger partial charge in [-0.25, -0.2) is 14.6 Å². The van der Waals surface area contributed by atoms with E-state index in [4.69, 9.17) is 10.5 Å². The van der Waals surface area contributed by atoms with E-state index in [-0.39, 0.29) is 28.0 Å². The number of carboxylic acids is 1. The number of carbonyl (C=O) groups is 4. The first-order valence-electron chi connectivity index (χ1n) is 8.99. The summed E-state index contributed by atoms with van der Waals surface area (Å²) < 4.78 is 5.05. The molecule has 0 aromatic carbocycles. The maximum Gasteiger partial charge on any atom is 0.352 e. The van der Waals surface area contributed by atoms with E-state index >= 15 is 0 Å². The molecule has 3 aliphatic rings. The molecule has 12 nitrogen and oxygen atoms in total. The van der Waals surface area contributed by atoms with Gasteiger partial charge in [-0.05, 0) is 24.6 Å². The number of anilines is 1. The highest BCUT2D eigenvalue weighted by Crippen LogP contribution is 2.41. The summed E-state index contributed by atoms with van der Waals surface area (Å²) in [6.45, 7) is 1.57. The molecule has 0 unspecified atom stereocenters. The molecule has 4 rings (SSSR count). The second kappa shape index (κ2) is 8.12. The first kappa shape index (κ1) is 21.6. The van der Waals surface area contributed by atoms with E-state index in [2.05, 4.69) is 15.5 Å². The maximum absolute atomic E-state index is 12.7. The predicted octanol–water partition coefficient (Wildman–Crippen LogP) is 0.0292. The zero-order chi connectivity index (χ0) is 23.2. The summed E-state index contributed by atoms with van der Waals surface area (Å²) in [5.74, 6) is -2.98. The SMILES string of the molecule is CC1=C/C(=C\C2=C(C(=O)O)N3C(=O)[C@@H](NC(=O)/C(=N\O)c4csc(N)n4)[C@H]3SC2)OC1=O. The summed E-state index contributed by atoms with van der Waals surface area (Å²) >= 11 is 2.27. The fourth-order valence-corrected chi connectivity index (χ4v) is 5.16. The Morgan fingerprint density at radius 1 is 1.44 bits per heavy atom. The van der Waals surface area contributed by atoms with Crippen LogP contribution >= 0.6 is 23.1 Å². The monoisotopic (exact) mass is 477 g/mol. The molecule has 5 N–H and O–H groups in total. The summed E-state index contributed by atoms with van der Waals surface area (Å²) in [6, 6.07) is -1.03. The molecule has 0 aliphatic carbocycles. The van der Waals surface area contributed by atoms with Crippen molar-refractivity contribution in [3.8, 4) is 0 Å². The lowest BCUT2D eigenvalue weighted by Gasteiger charge is -2.49. The molecule has 1 aromatic heterocycles. The number of carbonyl (C=O) groups excluding carboxylic acids is 3. The number of cyclic esters (lactones) is 1. The molecule has 4 heterocycles. The van der Waals surface area contributed by atoms with E-state index in [1.54, 1.807) is 6.92 Å². The Bertz CT molecular complexity index is 1180. The molecule has 32 heavy (non-hydrogen) atoms. The zero-order valence-electron chi connectivity index (χ0n) is 16.3. The number of ether oxygens (including phenoxy) is 1. The molecule has 1 aromatic rings. The first-order valence-corrected chi connectivity index (χ1v) is 10.9. The van der Waals surface area contributed by atoms with Crippen molar-refractivity contribution >= 4 is 57.7 Å². The minimum absolute atomic E-state index is 0.0434. The van der Waals surface area contributed by atoms with Crippen LogP contribution in [0.1, 0.15) is 12.6 Å². The smallest absolute Gasteiger partial charge is 0.352 e. The number of hydrogen-bond donors (Lipinski definition) is 4. The number of esters is 1. The van der Waals surface area contributed by atoms with Crippen molar-refractivity contribution in [2.45, 2.75) is 18.3 Å². The number of nitrogens with two attached hydrogens (primary N) is 1. The summed E-state index contributed by atoms with van der Waals surface area (Å²) in [6.07, 6.45) is 2.89. The van der Waals surface area contributed by atoms with Gasteiger partial charge in [0.1, 0.15) is 28.6 Å². The first-order chi connectivity index (χ1) is 15.2. The van der Waals surface area contributed by atoms with Crippen molar-refractivity contribution in [1.29, 1.82) is 0 Å². The number of rotatable bonds is 5. The van der Waals surface area contributed by atoms with Crippen molar-refractivity contribution in [3.05, 3.63) is 45.8 Å². The second-order valence-corrected chi connectivity index (χ2v) is 8.82. The van der Waals surface area contributed by atoms with Crippen molar-refractivity contribution in [3.63, 3.8) is 0 Å². The second-order valence-electron chi connectivity index (χ2n) is 6.82. The lowest BCUT2D eigenvalue weighted by atomic mass is 10.0. The molecule has 0 bridgehead atoms. The third kappa shape index (κ3) is 3.62. The van der Waals surface area contributed by atoms with Gasteiger partial charge in [-0.1, -0.05) is 5.16 Å². The normalized spacial score (nSPS) is 24.2. The van der Waals surface area contributed by atoms with Crippen LogP contribution < -0.4 is 11.1 Å². The van der Waals surface area contributed by atoms with Crippen molar-refractivity contribution in [2.24, 2.45) is 5.16 Å². The lowest BCUT2D eigenvalue weighted by molar-refractivity contribution is -0.150. The van der Waals surface area contributed by atoms with Gasteiger partial charge in [-0.2, -0.15) is 0 Å². The van der Waals surface area contributed by atoms with Crippen LogP contribution in [0.3, 0.4) is 0 Å². The molecule has 1 fully saturated rings. The van der Waals surface area contributed by atoms with Gasteiger partial charge in [0.2, 0.25) is 0 Å². The van der Waals surface area contributed by atoms with Gasteiger partial charge < -0.3 is 26.1 Å². The van der Waals surface area contributed by atoms with Gasteiger partial charge in [0.15, 0.2) is 10.8 Å². The van der Waals surface area contributed by atoms with Crippen LogP contribution in [-0.4, -0.2) is 66.8 Å². The molecule has 166 valence electrons. The van der Waals surface area contributed by atoms with Crippen LogP contribution in [0, 0.1) is 0 Å². The molecule has 0 radical (unpaired) electrons. The average molecular weight is 477 g/mol. The highest BCUT2D eigenvalue weighted by Gasteiger charge is 2.54. The fraction of sp³-hybridized carbons (Fsp3) is 0.222. The number of nitrogens with one attached hydrogen (secondary N) is 1. The number of carboxylic acid groups (broad SMARTS) is 1. The Morgan fingerprint density at radius 2 is 2.19 bits per heavy atom. The Hall–Kier alpha value is -3.65. The minimum Gasteiger partial charge on any atom is -0.477 e. The van der Waals surface area contributed by atoms with Crippen LogP contribution in [0.4, 0.5) is 5.13 Å². The lowest BCUT2D eigenvalue weighted by Crippen LogP contribution is -2.71. The van der Waals surface area contributed by atoms with Crippen molar-refractivity contribution < 1.29 is 34.2 Å². The average Bonchev–Trinajstić information content (AvgIpc) is 3.30. The number of fused-ring (bicyclic) bond motifs is 1. The van der Waals surface area contributed by atoms with E-state index in [1.807, 2.05) is 0 Å². The molecule has 2 amide bonds. The van der Waals surface area contributed by atoms with Crippen LogP contribution in [0.15, 0.2) is 45.3 Å². The minimum atomic E-state index is -1.33. The number of nitrogens with zero attached hydrogens (tertiary/aromatic N) is 3. The number of aromatic nitrogens is 1. The molecular weight excluding hydrogens is 462 g/mol. The number of nitrogen functional groups attached to an aromatic ring is 1. The number of allylic oxidation sites excluding steroid dienone is 2. The number of thioether (sulfide) groups is 1. The molecular formula is C18H15N5O7S2.